The van der Waals surface area contributed by atoms with E-state index >= 15 is 0 Å². The molecule has 24 heavy (non-hydrogen) atoms. The van der Waals surface area contributed by atoms with Gasteiger partial charge in [-0.15, -0.1) is 0 Å². The van der Waals surface area contributed by atoms with Gasteiger partial charge in [0.2, 0.25) is 0 Å². The third kappa shape index (κ3) is 5.71. The highest BCUT2D eigenvalue weighted by atomic mass is 32.2. The highest BCUT2D eigenvalue weighted by molar-refractivity contribution is 8.14. The van der Waals surface area contributed by atoms with Crippen molar-refractivity contribution in [1.82, 2.24) is 0 Å². The second kappa shape index (κ2) is 7.98. The highest BCUT2D eigenvalue weighted by Crippen LogP contribution is 2.15. The number of nitrogens with one attached hydrogen (secondary N) is 2. The average molecular weight is 364 g/mol. The van der Waals surface area contributed by atoms with Crippen molar-refractivity contribution >= 4 is 44.2 Å². The van der Waals surface area contributed by atoms with Gasteiger partial charge in [0.05, 0.1) is 17.1 Å². The van der Waals surface area contributed by atoms with E-state index in [1.54, 1.807) is 30.3 Å². The highest BCUT2D eigenvalue weighted by Gasteiger charge is 2.11. The number of carbonyl (C=O) groups is 2. The average Bonchev–Trinajstić information content (AvgIpc) is 2.53. The molecule has 0 saturated carbocycles. The van der Waals surface area contributed by atoms with Crippen molar-refractivity contribution in [2.75, 3.05) is 15.2 Å². The van der Waals surface area contributed by atoms with Gasteiger partial charge in [-0.2, -0.15) is 8.42 Å². The van der Waals surface area contributed by atoms with Crippen molar-refractivity contribution in [3.05, 3.63) is 60.2 Å². The Morgan fingerprint density at radius 3 is 2.00 bits per heavy atom. The molecule has 2 rings (SSSR count). The minimum Gasteiger partial charge on any atom is -0.293 e. The van der Waals surface area contributed by atoms with Crippen LogP contribution >= 0.6 is 11.8 Å². The molecule has 0 aromatic heterocycles. The quantitative estimate of drug-likeness (QED) is 0.737. The summed E-state index contributed by atoms with van der Waals surface area (Å²) in [4.78, 5) is 22.7. The van der Waals surface area contributed by atoms with E-state index in [1.807, 2.05) is 0 Å². The Morgan fingerprint density at radius 2 is 1.46 bits per heavy atom. The summed E-state index contributed by atoms with van der Waals surface area (Å²) in [5, 5.41) is -0.125. The van der Waals surface area contributed by atoms with E-state index in [9.17, 15) is 18.0 Å². The molecule has 0 heterocycles. The maximum Gasteiger partial charge on any atom is 0.321 e. The Balaban J connectivity index is 2.00. The van der Waals surface area contributed by atoms with Crippen LogP contribution in [0, 0.1) is 0 Å². The van der Waals surface area contributed by atoms with Gasteiger partial charge in [-0.25, -0.2) is 0 Å². The van der Waals surface area contributed by atoms with Gasteiger partial charge in [-0.1, -0.05) is 30.0 Å². The van der Waals surface area contributed by atoms with E-state index in [2.05, 4.69) is 9.44 Å². The lowest BCUT2D eigenvalue weighted by Gasteiger charge is -2.10. The van der Waals surface area contributed by atoms with Crippen molar-refractivity contribution in [1.29, 1.82) is 0 Å². The van der Waals surface area contributed by atoms with Crippen LogP contribution in [0.15, 0.2) is 54.6 Å². The Bertz CT molecular complexity index is 819. The van der Waals surface area contributed by atoms with Crippen molar-refractivity contribution in [2.24, 2.45) is 0 Å². The minimum atomic E-state index is -3.78. The molecule has 0 aliphatic carbocycles. The number of thioether (sulfide) groups is 1. The second-order valence-electron chi connectivity index (χ2n) is 4.85. The zero-order chi connectivity index (χ0) is 17.6. The first kappa shape index (κ1) is 18.0. The largest absolute Gasteiger partial charge is 0.321 e. The summed E-state index contributed by atoms with van der Waals surface area (Å²) in [6.45, 7) is 1.40. The number of anilines is 2. The molecule has 0 aliphatic rings. The van der Waals surface area contributed by atoms with E-state index in [1.165, 1.54) is 31.2 Å². The molecular formula is C16H16N2O4S2. The third-order valence-corrected chi connectivity index (χ3v) is 4.71. The van der Waals surface area contributed by atoms with Crippen LogP contribution in [0.4, 0.5) is 11.4 Å². The number of carbonyl (C=O) groups excluding carboxylic acids is 2. The first-order valence-electron chi connectivity index (χ1n) is 6.98. The van der Waals surface area contributed by atoms with E-state index in [0.29, 0.717) is 16.9 Å². The molecule has 0 spiro atoms. The number of para-hydroxylation sites is 1. The molecule has 2 N–H and O–H groups in total. The molecule has 2 aromatic carbocycles. The number of rotatable bonds is 7. The maximum atomic E-state index is 12.0. The van der Waals surface area contributed by atoms with Crippen LogP contribution < -0.4 is 9.44 Å². The van der Waals surface area contributed by atoms with Crippen molar-refractivity contribution in [2.45, 2.75) is 6.92 Å². The van der Waals surface area contributed by atoms with E-state index < -0.39 is 10.2 Å². The van der Waals surface area contributed by atoms with Crippen LogP contribution in [0.1, 0.15) is 17.3 Å². The molecule has 0 amide bonds. The summed E-state index contributed by atoms with van der Waals surface area (Å²) in [5.74, 6) is -0.123. The minimum absolute atomic E-state index is 0.0654. The van der Waals surface area contributed by atoms with Gasteiger partial charge in [0.25, 0.3) is 0 Å². The van der Waals surface area contributed by atoms with Crippen LogP contribution in [0.5, 0.6) is 0 Å². The molecular weight excluding hydrogens is 348 g/mol. The van der Waals surface area contributed by atoms with Crippen LogP contribution in [0.2, 0.25) is 0 Å². The lowest BCUT2D eigenvalue weighted by molar-refractivity contribution is -0.109. The molecule has 0 saturated heterocycles. The molecule has 0 radical (unpaired) electrons. The maximum absolute atomic E-state index is 12.0. The van der Waals surface area contributed by atoms with Gasteiger partial charge < -0.3 is 0 Å². The van der Waals surface area contributed by atoms with Crippen LogP contribution in [0.3, 0.4) is 0 Å². The van der Waals surface area contributed by atoms with Crippen molar-refractivity contribution in [3.8, 4) is 0 Å². The Kier molecular flexibility index (Phi) is 5.99. The molecule has 126 valence electrons. The summed E-state index contributed by atoms with van der Waals surface area (Å²) >= 11 is 0.940. The van der Waals surface area contributed by atoms with Crippen LogP contribution in [0.25, 0.3) is 0 Å². The zero-order valence-corrected chi connectivity index (χ0v) is 14.5. The van der Waals surface area contributed by atoms with E-state index in [0.717, 1.165) is 11.8 Å². The summed E-state index contributed by atoms with van der Waals surface area (Å²) < 4.78 is 28.8. The Morgan fingerprint density at radius 1 is 0.917 bits per heavy atom. The smallest absolute Gasteiger partial charge is 0.293 e. The van der Waals surface area contributed by atoms with Crippen molar-refractivity contribution < 1.29 is 18.0 Å². The van der Waals surface area contributed by atoms with E-state index in [4.69, 9.17) is 0 Å². The Labute approximate surface area is 144 Å². The standard InChI is InChI=1S/C16H16N2O4S2/c1-12(19)23-11-16(20)13-7-9-15(10-8-13)18-24(21,22)17-14-5-3-2-4-6-14/h2-10,17-18H,11H2,1H3. The summed E-state index contributed by atoms with van der Waals surface area (Å²) in [6.07, 6.45) is 0. The van der Waals surface area contributed by atoms with Gasteiger partial charge in [0, 0.05) is 12.5 Å². The molecule has 0 aliphatic heterocycles. The van der Waals surface area contributed by atoms with Crippen molar-refractivity contribution in [3.63, 3.8) is 0 Å². The lowest BCUT2D eigenvalue weighted by atomic mass is 10.1. The number of Topliss-reactive ketones (excluding diaryl/α,β-unsaturated/α-hetero) is 1. The monoisotopic (exact) mass is 364 g/mol. The summed E-state index contributed by atoms with van der Waals surface area (Å²) in [5.41, 5.74) is 1.19. The predicted octanol–water partition coefficient (Wildman–Crippen LogP) is 2.92. The van der Waals surface area contributed by atoms with Crippen LogP contribution in [-0.2, 0) is 15.0 Å². The van der Waals surface area contributed by atoms with Gasteiger partial charge in [-0.3, -0.25) is 19.0 Å². The number of benzene rings is 2. The molecule has 0 unspecified atom stereocenters. The first-order chi connectivity index (χ1) is 11.4. The fourth-order valence-electron chi connectivity index (χ4n) is 1.82. The van der Waals surface area contributed by atoms with Gasteiger partial charge in [0.15, 0.2) is 10.9 Å². The molecule has 0 fully saturated rings. The zero-order valence-electron chi connectivity index (χ0n) is 12.9. The molecule has 6 nitrogen and oxygen atoms in total. The third-order valence-electron chi connectivity index (χ3n) is 2.89. The normalized spacial score (nSPS) is 10.9. The second-order valence-corrected chi connectivity index (χ2v) is 7.42. The summed E-state index contributed by atoms with van der Waals surface area (Å²) in [7, 11) is -3.78. The number of hydrogen-bond donors (Lipinski definition) is 2. The first-order valence-corrected chi connectivity index (χ1v) is 9.45. The van der Waals surface area contributed by atoms with Crippen LogP contribution in [-0.4, -0.2) is 25.1 Å². The van der Waals surface area contributed by atoms with Gasteiger partial charge in [0.1, 0.15) is 0 Å². The molecule has 0 atom stereocenters. The number of hydrogen-bond acceptors (Lipinski definition) is 5. The fourth-order valence-corrected chi connectivity index (χ4v) is 3.26. The van der Waals surface area contributed by atoms with Gasteiger partial charge in [-0.05, 0) is 36.4 Å². The summed E-state index contributed by atoms with van der Waals surface area (Å²) in [6, 6.07) is 14.5. The van der Waals surface area contributed by atoms with E-state index in [-0.39, 0.29) is 16.7 Å². The fraction of sp³-hybridized carbons (Fsp3) is 0.125. The topological polar surface area (TPSA) is 92.3 Å². The molecule has 0 bridgehead atoms. The Hall–Kier alpha value is -2.32. The number of ketones is 1. The molecule has 2 aromatic rings. The predicted molar refractivity (Wildman–Crippen MR) is 96.5 cm³/mol. The molecule has 8 heteroatoms. The van der Waals surface area contributed by atoms with Gasteiger partial charge >= 0.3 is 10.2 Å². The lowest BCUT2D eigenvalue weighted by Crippen LogP contribution is -2.21. The SMILES string of the molecule is CC(=O)SCC(=O)c1ccc(NS(=O)(=O)Nc2ccccc2)cc1.